The second kappa shape index (κ2) is 6.31. The molecule has 0 radical (unpaired) electrons. The number of carbonyl (C=O) groups is 1. The molecule has 0 fully saturated rings. The summed E-state index contributed by atoms with van der Waals surface area (Å²) in [7, 11) is 0. The Balaban J connectivity index is 1.66. The molecule has 1 aliphatic rings. The zero-order valence-corrected chi connectivity index (χ0v) is 13.0. The normalized spacial score (nSPS) is 18.4. The van der Waals surface area contributed by atoms with E-state index in [0.717, 1.165) is 30.6 Å². The number of hydrogen-bond acceptors (Lipinski definition) is 3. The van der Waals surface area contributed by atoms with Crippen LogP contribution in [0.2, 0.25) is 0 Å². The lowest BCUT2D eigenvalue weighted by Crippen LogP contribution is -2.39. The number of rotatable bonds is 4. The zero-order chi connectivity index (χ0) is 14.7. The van der Waals surface area contributed by atoms with Gasteiger partial charge < -0.3 is 10.6 Å². The Morgan fingerprint density at radius 1 is 1.43 bits per heavy atom. The molecule has 0 saturated carbocycles. The maximum Gasteiger partial charge on any atom is 0.227 e. The predicted molar refractivity (Wildman–Crippen MR) is 87.9 cm³/mol. The quantitative estimate of drug-likeness (QED) is 0.908. The molecule has 3 rings (SSSR count). The standard InChI is InChI=1S/C17H20N2OS/c1-12(10-13-7-9-21-11-13)19-17(20)15-6-8-18-16-5-3-2-4-14(15)16/h2-5,7,9,11-12,15,18H,6,8,10H2,1H3,(H,19,20). The molecule has 2 N–H and O–H groups in total. The summed E-state index contributed by atoms with van der Waals surface area (Å²) in [5, 5.41) is 10.7. The molecule has 2 atom stereocenters. The average Bonchev–Trinajstić information content (AvgIpc) is 2.99. The van der Waals surface area contributed by atoms with E-state index in [0.29, 0.717) is 0 Å². The fraction of sp³-hybridized carbons (Fsp3) is 0.353. The van der Waals surface area contributed by atoms with Gasteiger partial charge in [0.15, 0.2) is 0 Å². The number of hydrogen-bond donors (Lipinski definition) is 2. The van der Waals surface area contributed by atoms with Crippen LogP contribution in [0.4, 0.5) is 5.69 Å². The molecular formula is C17H20N2OS. The van der Waals surface area contributed by atoms with E-state index in [1.54, 1.807) is 11.3 Å². The molecule has 4 heteroatoms. The average molecular weight is 300 g/mol. The lowest BCUT2D eigenvalue weighted by Gasteiger charge is -2.27. The number of fused-ring (bicyclic) bond motifs is 1. The number of benzene rings is 1. The molecule has 2 unspecified atom stereocenters. The Kier molecular flexibility index (Phi) is 4.25. The van der Waals surface area contributed by atoms with Crippen molar-refractivity contribution in [2.24, 2.45) is 0 Å². The van der Waals surface area contributed by atoms with E-state index in [1.807, 2.05) is 18.2 Å². The molecule has 1 aromatic heterocycles. The van der Waals surface area contributed by atoms with Crippen LogP contribution in [-0.4, -0.2) is 18.5 Å². The maximum atomic E-state index is 12.6. The summed E-state index contributed by atoms with van der Waals surface area (Å²) in [6, 6.07) is 10.4. The van der Waals surface area contributed by atoms with Crippen molar-refractivity contribution in [3.8, 4) is 0 Å². The maximum absolute atomic E-state index is 12.6. The van der Waals surface area contributed by atoms with E-state index in [1.165, 1.54) is 5.56 Å². The second-order valence-electron chi connectivity index (χ2n) is 5.60. The van der Waals surface area contributed by atoms with Gasteiger partial charge in [-0.3, -0.25) is 4.79 Å². The van der Waals surface area contributed by atoms with Crippen molar-refractivity contribution in [1.29, 1.82) is 0 Å². The summed E-state index contributed by atoms with van der Waals surface area (Å²) in [5.74, 6) is 0.110. The Hall–Kier alpha value is -1.81. The summed E-state index contributed by atoms with van der Waals surface area (Å²) >= 11 is 1.70. The van der Waals surface area contributed by atoms with E-state index >= 15 is 0 Å². The highest BCUT2D eigenvalue weighted by molar-refractivity contribution is 7.07. The molecule has 2 heterocycles. The molecule has 1 amide bonds. The van der Waals surface area contributed by atoms with Gasteiger partial charge in [-0.1, -0.05) is 18.2 Å². The Morgan fingerprint density at radius 2 is 2.29 bits per heavy atom. The van der Waals surface area contributed by atoms with Crippen LogP contribution < -0.4 is 10.6 Å². The van der Waals surface area contributed by atoms with Gasteiger partial charge in [0.2, 0.25) is 5.91 Å². The number of amides is 1. The highest BCUT2D eigenvalue weighted by atomic mass is 32.1. The van der Waals surface area contributed by atoms with Crippen molar-refractivity contribution in [2.45, 2.75) is 31.7 Å². The number of anilines is 1. The molecule has 1 aromatic carbocycles. The van der Waals surface area contributed by atoms with E-state index in [9.17, 15) is 4.79 Å². The van der Waals surface area contributed by atoms with Gasteiger partial charge in [-0.15, -0.1) is 0 Å². The summed E-state index contributed by atoms with van der Waals surface area (Å²) in [5.41, 5.74) is 3.50. The van der Waals surface area contributed by atoms with E-state index in [-0.39, 0.29) is 17.9 Å². The van der Waals surface area contributed by atoms with Crippen LogP contribution in [-0.2, 0) is 11.2 Å². The molecule has 0 aliphatic carbocycles. The smallest absolute Gasteiger partial charge is 0.227 e. The monoisotopic (exact) mass is 300 g/mol. The summed E-state index contributed by atoms with van der Waals surface area (Å²) < 4.78 is 0. The first-order valence-corrected chi connectivity index (χ1v) is 8.32. The van der Waals surface area contributed by atoms with Gasteiger partial charge in [-0.05, 0) is 53.8 Å². The van der Waals surface area contributed by atoms with Gasteiger partial charge in [0.1, 0.15) is 0 Å². The first-order valence-electron chi connectivity index (χ1n) is 7.38. The molecule has 21 heavy (non-hydrogen) atoms. The van der Waals surface area contributed by atoms with E-state index < -0.39 is 0 Å². The first-order chi connectivity index (χ1) is 10.2. The fourth-order valence-electron chi connectivity index (χ4n) is 2.90. The molecule has 0 bridgehead atoms. The van der Waals surface area contributed by atoms with Crippen molar-refractivity contribution in [1.82, 2.24) is 5.32 Å². The second-order valence-corrected chi connectivity index (χ2v) is 6.38. The number of para-hydroxylation sites is 1. The van der Waals surface area contributed by atoms with Crippen molar-refractivity contribution >= 4 is 22.9 Å². The van der Waals surface area contributed by atoms with Crippen LogP contribution in [0.15, 0.2) is 41.1 Å². The van der Waals surface area contributed by atoms with Crippen LogP contribution >= 0.6 is 11.3 Å². The van der Waals surface area contributed by atoms with Gasteiger partial charge in [0.25, 0.3) is 0 Å². The van der Waals surface area contributed by atoms with Crippen LogP contribution in [0.5, 0.6) is 0 Å². The minimum atomic E-state index is -0.0348. The van der Waals surface area contributed by atoms with Gasteiger partial charge in [-0.25, -0.2) is 0 Å². The summed E-state index contributed by atoms with van der Waals surface area (Å²) in [6.45, 7) is 2.93. The molecular weight excluding hydrogens is 280 g/mol. The number of carbonyl (C=O) groups excluding carboxylic acids is 1. The van der Waals surface area contributed by atoms with Crippen LogP contribution in [0.3, 0.4) is 0 Å². The SMILES string of the molecule is CC(Cc1ccsc1)NC(=O)C1CCNc2ccccc21. The molecule has 1 aliphatic heterocycles. The first kappa shape index (κ1) is 14.1. The topological polar surface area (TPSA) is 41.1 Å². The minimum Gasteiger partial charge on any atom is -0.385 e. The Bertz CT molecular complexity index is 609. The van der Waals surface area contributed by atoms with Crippen molar-refractivity contribution < 1.29 is 4.79 Å². The molecule has 0 spiro atoms. The van der Waals surface area contributed by atoms with Crippen molar-refractivity contribution in [3.05, 3.63) is 52.2 Å². The molecule has 2 aromatic rings. The fourth-order valence-corrected chi connectivity index (χ4v) is 3.58. The lowest BCUT2D eigenvalue weighted by atomic mass is 9.90. The lowest BCUT2D eigenvalue weighted by molar-refractivity contribution is -0.123. The molecule has 110 valence electrons. The number of nitrogens with one attached hydrogen (secondary N) is 2. The van der Waals surface area contributed by atoms with Gasteiger partial charge >= 0.3 is 0 Å². The van der Waals surface area contributed by atoms with Crippen molar-refractivity contribution in [2.75, 3.05) is 11.9 Å². The minimum absolute atomic E-state index is 0.0348. The highest BCUT2D eigenvalue weighted by Crippen LogP contribution is 2.31. The largest absolute Gasteiger partial charge is 0.385 e. The van der Waals surface area contributed by atoms with E-state index in [4.69, 9.17) is 0 Å². The third-order valence-electron chi connectivity index (χ3n) is 3.91. The van der Waals surface area contributed by atoms with Gasteiger partial charge in [-0.2, -0.15) is 11.3 Å². The van der Waals surface area contributed by atoms with Crippen LogP contribution in [0.25, 0.3) is 0 Å². The predicted octanol–water partition coefficient (Wildman–Crippen LogP) is 3.39. The molecule has 0 saturated heterocycles. The van der Waals surface area contributed by atoms with Gasteiger partial charge in [0, 0.05) is 18.3 Å². The highest BCUT2D eigenvalue weighted by Gasteiger charge is 2.26. The third kappa shape index (κ3) is 3.27. The number of thiophene rings is 1. The zero-order valence-electron chi connectivity index (χ0n) is 12.1. The van der Waals surface area contributed by atoms with Crippen molar-refractivity contribution in [3.63, 3.8) is 0 Å². The summed E-state index contributed by atoms with van der Waals surface area (Å²) in [6.07, 6.45) is 1.75. The molecule has 3 nitrogen and oxygen atoms in total. The Labute approximate surface area is 129 Å². The van der Waals surface area contributed by atoms with Gasteiger partial charge in [0.05, 0.1) is 5.92 Å². The van der Waals surface area contributed by atoms with Crippen LogP contribution in [0.1, 0.15) is 30.4 Å². The summed E-state index contributed by atoms with van der Waals surface area (Å²) in [4.78, 5) is 12.6. The Morgan fingerprint density at radius 3 is 3.10 bits per heavy atom. The van der Waals surface area contributed by atoms with Crippen LogP contribution in [0, 0.1) is 0 Å². The van der Waals surface area contributed by atoms with E-state index in [2.05, 4.69) is 40.5 Å². The third-order valence-corrected chi connectivity index (χ3v) is 4.64.